The maximum atomic E-state index is 13.8. The minimum absolute atomic E-state index is 0.0273. The van der Waals surface area contributed by atoms with E-state index in [1.54, 1.807) is 36.4 Å². The van der Waals surface area contributed by atoms with Crippen LogP contribution in [0.25, 0.3) is 21.5 Å². The number of hydrogen-bond donors (Lipinski definition) is 4. The van der Waals surface area contributed by atoms with Crippen LogP contribution < -0.4 is 15.4 Å². The number of anilines is 1. The van der Waals surface area contributed by atoms with E-state index in [9.17, 15) is 19.8 Å². The van der Waals surface area contributed by atoms with Gasteiger partial charge in [-0.3, -0.25) is 9.59 Å². The van der Waals surface area contributed by atoms with Crippen molar-refractivity contribution in [1.29, 1.82) is 0 Å². The Balaban J connectivity index is 1.25. The molecule has 0 spiro atoms. The van der Waals surface area contributed by atoms with Gasteiger partial charge in [-0.25, -0.2) is 0 Å². The third kappa shape index (κ3) is 8.48. The molecule has 294 valence electrons. The molecule has 57 heavy (non-hydrogen) atoms. The minimum Gasteiger partial charge on any atom is -0.506 e. The van der Waals surface area contributed by atoms with E-state index in [1.807, 2.05) is 50.2 Å². The van der Waals surface area contributed by atoms with E-state index in [-0.39, 0.29) is 33.8 Å². The molecule has 0 aromatic heterocycles. The maximum absolute atomic E-state index is 13.8. The Hall–Kier alpha value is -6.22. The minimum atomic E-state index is -0.413. The lowest BCUT2D eigenvalue weighted by Gasteiger charge is -2.31. The normalized spacial score (nSPS) is 12.0. The molecule has 4 N–H and O–H groups in total. The summed E-state index contributed by atoms with van der Waals surface area (Å²) in [5, 5.41) is 39.7. The van der Waals surface area contributed by atoms with Gasteiger partial charge in [-0.15, -0.1) is 5.11 Å². The summed E-state index contributed by atoms with van der Waals surface area (Å²) in [5.74, 6) is 0.0400. The topological polar surface area (TPSA) is 133 Å². The average molecular weight is 765 g/mol. The Morgan fingerprint density at radius 2 is 1.46 bits per heavy atom. The number of phenolic OH excluding ortho intramolecular Hbond substituents is 2. The number of hydrogen-bond acceptors (Lipinski definition) is 7. The molecule has 0 heterocycles. The Kier molecular flexibility index (Phi) is 11.4. The average Bonchev–Trinajstić information content (AvgIpc) is 3.17. The van der Waals surface area contributed by atoms with Gasteiger partial charge in [0.1, 0.15) is 22.9 Å². The molecule has 0 saturated heterocycles. The molecule has 0 radical (unpaired) electrons. The van der Waals surface area contributed by atoms with E-state index >= 15 is 0 Å². The van der Waals surface area contributed by atoms with Crippen LogP contribution in [0.3, 0.4) is 0 Å². The SMILES string of the molecule is CCC(C)(C)c1ccc(CNC(=O)c2cc(Oc3ccc(N=Nc4c(C)cc5cc(C)cc(NC(C)=O)c5c4O)cc3)c3ccccc3c2O)c(C(C)(C)CC)c1. The second-order valence-electron chi connectivity index (χ2n) is 16.1. The van der Waals surface area contributed by atoms with Gasteiger partial charge < -0.3 is 25.6 Å². The van der Waals surface area contributed by atoms with Crippen molar-refractivity contribution in [2.75, 3.05) is 5.32 Å². The van der Waals surface area contributed by atoms with Gasteiger partial charge in [0.25, 0.3) is 5.91 Å². The van der Waals surface area contributed by atoms with Crippen LogP contribution in [-0.2, 0) is 22.2 Å². The number of carbonyl (C=O) groups is 2. The quantitative estimate of drug-likeness (QED) is 0.0921. The van der Waals surface area contributed by atoms with Crippen molar-refractivity contribution in [1.82, 2.24) is 5.32 Å². The van der Waals surface area contributed by atoms with Gasteiger partial charge >= 0.3 is 0 Å². The van der Waals surface area contributed by atoms with Crippen molar-refractivity contribution in [3.05, 3.63) is 124 Å². The fourth-order valence-electron chi connectivity index (χ4n) is 7.06. The fraction of sp³-hybridized carbons (Fsp3) is 0.292. The molecule has 0 aliphatic rings. The van der Waals surface area contributed by atoms with Crippen molar-refractivity contribution in [2.24, 2.45) is 10.2 Å². The predicted octanol–water partition coefficient (Wildman–Crippen LogP) is 12.5. The highest BCUT2D eigenvalue weighted by Crippen LogP contribution is 2.43. The summed E-state index contributed by atoms with van der Waals surface area (Å²) in [6.45, 7) is 18.8. The maximum Gasteiger partial charge on any atom is 0.255 e. The van der Waals surface area contributed by atoms with Gasteiger partial charge in [-0.2, -0.15) is 5.11 Å². The van der Waals surface area contributed by atoms with Crippen LogP contribution in [-0.4, -0.2) is 22.0 Å². The molecule has 0 atom stereocenters. The number of azo groups is 1. The van der Waals surface area contributed by atoms with Crippen molar-refractivity contribution < 1.29 is 24.5 Å². The molecule has 9 heteroatoms. The van der Waals surface area contributed by atoms with Crippen molar-refractivity contribution in [2.45, 2.75) is 92.5 Å². The molecule has 0 unspecified atom stereocenters. The number of aromatic hydroxyl groups is 2. The highest BCUT2D eigenvalue weighted by Gasteiger charge is 2.27. The molecule has 0 fully saturated rings. The lowest BCUT2D eigenvalue weighted by Crippen LogP contribution is -2.27. The number of benzene rings is 6. The summed E-state index contributed by atoms with van der Waals surface area (Å²) in [6.07, 6.45) is 1.95. The van der Waals surface area contributed by atoms with Crippen LogP contribution in [0.15, 0.2) is 101 Å². The first-order chi connectivity index (χ1) is 27.0. The van der Waals surface area contributed by atoms with E-state index < -0.39 is 5.91 Å². The van der Waals surface area contributed by atoms with Crippen LogP contribution in [0.2, 0.25) is 0 Å². The Bertz CT molecular complexity index is 2540. The standard InChI is InChI=1S/C48H52N4O5/c1-10-47(6,7)33-17-16-31(39(25-33)48(8,9)11-2)27-49-46(56)38-26-41(36-14-12-13-15-37(36)44(38)54)57-35-20-18-34(19-21-35)51-52-43-29(4)24-32-22-28(3)23-40(50-30(5)53)42(32)45(43)55/h12-26,54-55H,10-11,27H2,1-9H3,(H,49,56)(H,50,53). The molecular weight excluding hydrogens is 713 g/mol. The van der Waals surface area contributed by atoms with Crippen molar-refractivity contribution in [3.63, 3.8) is 0 Å². The number of aryl methyl sites for hydroxylation is 2. The van der Waals surface area contributed by atoms with Crippen LogP contribution in [0.5, 0.6) is 23.0 Å². The number of phenols is 2. The van der Waals surface area contributed by atoms with E-state index in [4.69, 9.17) is 4.74 Å². The zero-order valence-corrected chi connectivity index (χ0v) is 34.3. The van der Waals surface area contributed by atoms with Crippen LogP contribution in [0, 0.1) is 13.8 Å². The molecule has 0 saturated carbocycles. The van der Waals surface area contributed by atoms with E-state index in [0.717, 1.165) is 34.9 Å². The van der Waals surface area contributed by atoms with E-state index in [1.165, 1.54) is 18.1 Å². The lowest BCUT2D eigenvalue weighted by molar-refractivity contribution is -0.114. The number of nitrogens with one attached hydrogen (secondary N) is 2. The van der Waals surface area contributed by atoms with Crippen LogP contribution in [0.1, 0.15) is 99.5 Å². The Morgan fingerprint density at radius 3 is 2.12 bits per heavy atom. The summed E-state index contributed by atoms with van der Waals surface area (Å²) in [5.41, 5.74) is 6.53. The third-order valence-electron chi connectivity index (χ3n) is 11.2. The van der Waals surface area contributed by atoms with Gasteiger partial charge in [-0.05, 0) is 113 Å². The van der Waals surface area contributed by atoms with Gasteiger partial charge in [0, 0.05) is 29.6 Å². The number of amides is 2. The second kappa shape index (κ2) is 16.1. The molecule has 6 aromatic rings. The monoisotopic (exact) mass is 764 g/mol. The highest BCUT2D eigenvalue weighted by molar-refractivity contribution is 6.07. The Labute approximate surface area is 334 Å². The largest absolute Gasteiger partial charge is 0.506 e. The second-order valence-corrected chi connectivity index (χ2v) is 16.1. The first-order valence-electron chi connectivity index (χ1n) is 19.4. The number of fused-ring (bicyclic) bond motifs is 2. The molecule has 2 amide bonds. The molecule has 6 rings (SSSR count). The molecule has 0 aliphatic carbocycles. The molecule has 9 nitrogen and oxygen atoms in total. The number of nitrogens with zero attached hydrogens (tertiary/aromatic N) is 2. The Morgan fingerprint density at radius 1 is 0.772 bits per heavy atom. The lowest BCUT2D eigenvalue weighted by atomic mass is 9.75. The zero-order chi connectivity index (χ0) is 41.2. The zero-order valence-electron chi connectivity index (χ0n) is 34.3. The summed E-state index contributed by atoms with van der Waals surface area (Å²) in [6, 6.07) is 28.0. The summed E-state index contributed by atoms with van der Waals surface area (Å²) < 4.78 is 6.35. The molecule has 6 aromatic carbocycles. The van der Waals surface area contributed by atoms with Crippen molar-refractivity contribution in [3.8, 4) is 23.0 Å². The predicted molar refractivity (Wildman–Crippen MR) is 230 cm³/mol. The van der Waals surface area contributed by atoms with Crippen LogP contribution in [0.4, 0.5) is 17.1 Å². The van der Waals surface area contributed by atoms with E-state index in [2.05, 4.69) is 80.6 Å². The van der Waals surface area contributed by atoms with Gasteiger partial charge in [0.15, 0.2) is 5.75 Å². The molecule has 0 aliphatic heterocycles. The summed E-state index contributed by atoms with van der Waals surface area (Å²) in [7, 11) is 0. The number of rotatable bonds is 12. The summed E-state index contributed by atoms with van der Waals surface area (Å²) >= 11 is 0. The smallest absolute Gasteiger partial charge is 0.255 e. The van der Waals surface area contributed by atoms with Crippen molar-refractivity contribution >= 4 is 50.4 Å². The summed E-state index contributed by atoms with van der Waals surface area (Å²) in [4.78, 5) is 25.7. The number of carbonyl (C=O) groups excluding carboxylic acids is 2. The first kappa shape index (κ1) is 40.4. The number of ether oxygens (including phenoxy) is 1. The van der Waals surface area contributed by atoms with Gasteiger partial charge in [0.2, 0.25) is 5.91 Å². The van der Waals surface area contributed by atoms with Crippen LogP contribution >= 0.6 is 0 Å². The van der Waals surface area contributed by atoms with Gasteiger partial charge in [-0.1, -0.05) is 90.1 Å². The molecular formula is C48H52N4O5. The van der Waals surface area contributed by atoms with E-state index in [0.29, 0.717) is 51.3 Å². The fourth-order valence-corrected chi connectivity index (χ4v) is 7.06. The third-order valence-corrected chi connectivity index (χ3v) is 11.2. The highest BCUT2D eigenvalue weighted by atomic mass is 16.5. The first-order valence-corrected chi connectivity index (χ1v) is 19.4. The molecule has 0 bridgehead atoms. The van der Waals surface area contributed by atoms with Gasteiger partial charge in [0.05, 0.1) is 16.9 Å².